The Morgan fingerprint density at radius 2 is 1.56 bits per heavy atom. The fraction of sp³-hybridized carbons (Fsp3) is 0.967. The Morgan fingerprint density at radius 3 is 2.21 bits per heavy atom. The van der Waals surface area contributed by atoms with E-state index in [1.165, 1.54) is 19.3 Å². The molecule has 0 aromatic heterocycles. The SMILES string of the molecule is CC(CO)C1CC[C@]2(C(=O)O)CCC3(C)C(CCC4C5(C)CCC(O)C(C)(C)C5CCC43C)C12. The quantitative estimate of drug-likeness (QED) is 0.459. The van der Waals surface area contributed by atoms with Gasteiger partial charge in [-0.2, -0.15) is 0 Å². The summed E-state index contributed by atoms with van der Waals surface area (Å²) < 4.78 is 0. The van der Waals surface area contributed by atoms with E-state index >= 15 is 0 Å². The predicted octanol–water partition coefficient (Wildman–Crippen LogP) is 6.14. The largest absolute Gasteiger partial charge is 0.481 e. The molecule has 0 heterocycles. The molecule has 194 valence electrons. The van der Waals surface area contributed by atoms with Gasteiger partial charge in [-0.05, 0) is 121 Å². The van der Waals surface area contributed by atoms with Crippen LogP contribution in [0.4, 0.5) is 0 Å². The van der Waals surface area contributed by atoms with Crippen LogP contribution in [0.3, 0.4) is 0 Å². The van der Waals surface area contributed by atoms with Crippen molar-refractivity contribution in [2.24, 2.45) is 62.6 Å². The highest BCUT2D eigenvalue weighted by Gasteiger charge is 2.72. The van der Waals surface area contributed by atoms with E-state index in [-0.39, 0.29) is 46.2 Å². The molecule has 0 radical (unpaired) electrons. The van der Waals surface area contributed by atoms with Crippen molar-refractivity contribution in [2.75, 3.05) is 6.61 Å². The van der Waals surface area contributed by atoms with Crippen LogP contribution in [0.15, 0.2) is 0 Å². The molecule has 0 bridgehead atoms. The highest BCUT2D eigenvalue weighted by Crippen LogP contribution is 2.77. The van der Waals surface area contributed by atoms with Crippen LogP contribution in [0.2, 0.25) is 0 Å². The lowest BCUT2D eigenvalue weighted by atomic mass is 9.32. The normalized spacial score (nSPS) is 54.8. The molecule has 10 unspecified atom stereocenters. The molecule has 34 heavy (non-hydrogen) atoms. The number of rotatable bonds is 3. The Labute approximate surface area is 207 Å². The van der Waals surface area contributed by atoms with Crippen LogP contribution in [0.25, 0.3) is 0 Å². The van der Waals surface area contributed by atoms with Gasteiger partial charge in [0.15, 0.2) is 0 Å². The molecule has 5 aliphatic rings. The van der Waals surface area contributed by atoms with Crippen molar-refractivity contribution in [3.63, 3.8) is 0 Å². The molecular formula is C30H50O4. The Bertz CT molecular complexity index is 838. The molecule has 3 N–H and O–H groups in total. The zero-order valence-corrected chi connectivity index (χ0v) is 22.6. The summed E-state index contributed by atoms with van der Waals surface area (Å²) in [5.41, 5.74) is -0.0203. The first-order valence-corrected chi connectivity index (χ1v) is 14.3. The van der Waals surface area contributed by atoms with E-state index in [0.717, 1.165) is 44.9 Å². The van der Waals surface area contributed by atoms with Crippen molar-refractivity contribution in [1.82, 2.24) is 0 Å². The van der Waals surface area contributed by atoms with E-state index in [1.807, 2.05) is 0 Å². The number of carboxylic acid groups (broad SMARTS) is 1. The lowest BCUT2D eigenvalue weighted by molar-refractivity contribution is -0.249. The molecule has 0 aromatic carbocycles. The average Bonchev–Trinajstić information content (AvgIpc) is 3.18. The van der Waals surface area contributed by atoms with Crippen molar-refractivity contribution in [3.05, 3.63) is 0 Å². The topological polar surface area (TPSA) is 77.8 Å². The van der Waals surface area contributed by atoms with Gasteiger partial charge in [-0.1, -0.05) is 41.5 Å². The fourth-order valence-electron chi connectivity index (χ4n) is 11.8. The van der Waals surface area contributed by atoms with E-state index in [2.05, 4.69) is 41.5 Å². The maximum atomic E-state index is 12.8. The molecule has 5 aliphatic carbocycles. The second-order valence-corrected chi connectivity index (χ2v) is 14.9. The number of carboxylic acids is 1. The van der Waals surface area contributed by atoms with Crippen LogP contribution in [0.5, 0.6) is 0 Å². The number of carbonyl (C=O) groups is 1. The summed E-state index contributed by atoms with van der Waals surface area (Å²) in [5, 5.41) is 31.5. The van der Waals surface area contributed by atoms with E-state index in [1.54, 1.807) is 0 Å². The van der Waals surface area contributed by atoms with Gasteiger partial charge in [0.25, 0.3) is 0 Å². The average molecular weight is 475 g/mol. The maximum absolute atomic E-state index is 12.8. The second kappa shape index (κ2) is 7.70. The standard InChI is InChI=1S/C30H50O4/c1-18(17-31)19-9-14-30(25(33)34)16-15-28(5)20(24(19)30)7-8-22-27(4)12-11-23(32)26(2,3)21(27)10-13-29(22,28)6/h18-24,31-32H,7-17H2,1-6H3,(H,33,34)/t18?,19?,20?,21?,22?,23?,24?,27?,28?,29?,30-/m0/s1. The zero-order chi connectivity index (χ0) is 24.9. The van der Waals surface area contributed by atoms with Gasteiger partial charge in [0, 0.05) is 6.61 Å². The van der Waals surface area contributed by atoms with E-state index in [4.69, 9.17) is 0 Å². The van der Waals surface area contributed by atoms with Crippen molar-refractivity contribution < 1.29 is 20.1 Å². The maximum Gasteiger partial charge on any atom is 0.309 e. The number of fused-ring (bicyclic) bond motifs is 7. The molecular weight excluding hydrogens is 424 g/mol. The van der Waals surface area contributed by atoms with Crippen LogP contribution >= 0.6 is 0 Å². The minimum absolute atomic E-state index is 0.0375. The summed E-state index contributed by atoms with van der Waals surface area (Å²) in [4.78, 5) is 12.8. The van der Waals surface area contributed by atoms with Crippen LogP contribution < -0.4 is 0 Å². The molecule has 11 atom stereocenters. The van der Waals surface area contributed by atoms with Crippen LogP contribution in [0.1, 0.15) is 106 Å². The third-order valence-electron chi connectivity index (χ3n) is 13.9. The summed E-state index contributed by atoms with van der Waals surface area (Å²) in [6, 6.07) is 0. The van der Waals surface area contributed by atoms with Gasteiger partial charge >= 0.3 is 5.97 Å². The summed E-state index contributed by atoms with van der Waals surface area (Å²) >= 11 is 0. The Hall–Kier alpha value is -0.610. The lowest BCUT2D eigenvalue weighted by Crippen LogP contribution is -2.67. The molecule has 5 fully saturated rings. The van der Waals surface area contributed by atoms with Gasteiger partial charge in [-0.15, -0.1) is 0 Å². The van der Waals surface area contributed by atoms with Gasteiger partial charge in [-0.25, -0.2) is 0 Å². The van der Waals surface area contributed by atoms with E-state index < -0.39 is 11.4 Å². The Morgan fingerprint density at radius 1 is 0.853 bits per heavy atom. The number of aliphatic carboxylic acids is 1. The number of hydrogen-bond acceptors (Lipinski definition) is 3. The van der Waals surface area contributed by atoms with Gasteiger partial charge in [0.1, 0.15) is 0 Å². The summed E-state index contributed by atoms with van der Waals surface area (Å²) in [6.07, 6.45) is 10.1. The Kier molecular flexibility index (Phi) is 5.67. The number of aliphatic hydroxyl groups is 2. The van der Waals surface area contributed by atoms with Gasteiger partial charge in [0.2, 0.25) is 0 Å². The van der Waals surface area contributed by atoms with Crippen LogP contribution in [-0.4, -0.2) is 34.0 Å². The molecule has 0 spiro atoms. The molecule has 0 aliphatic heterocycles. The van der Waals surface area contributed by atoms with Crippen molar-refractivity contribution in [1.29, 1.82) is 0 Å². The minimum atomic E-state index is -0.584. The molecule has 5 rings (SSSR count). The minimum Gasteiger partial charge on any atom is -0.481 e. The highest BCUT2D eigenvalue weighted by atomic mass is 16.4. The summed E-state index contributed by atoms with van der Waals surface area (Å²) in [7, 11) is 0. The number of hydrogen-bond donors (Lipinski definition) is 3. The number of aliphatic hydroxyl groups excluding tert-OH is 2. The highest BCUT2D eigenvalue weighted by molar-refractivity contribution is 5.76. The monoisotopic (exact) mass is 474 g/mol. The first-order chi connectivity index (χ1) is 15.8. The fourth-order valence-corrected chi connectivity index (χ4v) is 11.8. The first-order valence-electron chi connectivity index (χ1n) is 14.3. The summed E-state index contributed by atoms with van der Waals surface area (Å²) in [6.45, 7) is 14.6. The Balaban J connectivity index is 1.55. The molecule has 4 nitrogen and oxygen atoms in total. The summed E-state index contributed by atoms with van der Waals surface area (Å²) in [5.74, 6) is 1.74. The molecule has 4 heteroatoms. The van der Waals surface area contributed by atoms with Gasteiger partial charge in [-0.3, -0.25) is 4.79 Å². The van der Waals surface area contributed by atoms with Crippen molar-refractivity contribution in [3.8, 4) is 0 Å². The zero-order valence-electron chi connectivity index (χ0n) is 22.6. The third-order valence-corrected chi connectivity index (χ3v) is 13.9. The first kappa shape index (κ1) is 25.1. The molecule has 0 aromatic rings. The van der Waals surface area contributed by atoms with Gasteiger partial charge < -0.3 is 15.3 Å². The van der Waals surface area contributed by atoms with Crippen LogP contribution in [0, 0.1) is 62.6 Å². The second-order valence-electron chi connectivity index (χ2n) is 14.9. The molecule has 5 saturated carbocycles. The molecule has 0 amide bonds. The molecule has 0 saturated heterocycles. The lowest BCUT2D eigenvalue weighted by Gasteiger charge is -2.72. The third kappa shape index (κ3) is 2.88. The van der Waals surface area contributed by atoms with E-state index in [9.17, 15) is 20.1 Å². The van der Waals surface area contributed by atoms with Gasteiger partial charge in [0.05, 0.1) is 11.5 Å². The van der Waals surface area contributed by atoms with Crippen molar-refractivity contribution in [2.45, 2.75) is 112 Å². The van der Waals surface area contributed by atoms with Crippen molar-refractivity contribution >= 4 is 5.97 Å². The van der Waals surface area contributed by atoms with E-state index in [0.29, 0.717) is 23.7 Å². The predicted molar refractivity (Wildman–Crippen MR) is 134 cm³/mol. The smallest absolute Gasteiger partial charge is 0.309 e. The van der Waals surface area contributed by atoms with Crippen LogP contribution in [-0.2, 0) is 4.79 Å².